The van der Waals surface area contributed by atoms with Gasteiger partial charge in [-0.15, -0.1) is 0 Å². The van der Waals surface area contributed by atoms with Gasteiger partial charge in [-0.3, -0.25) is 15.3 Å². The monoisotopic (exact) mass is 223 g/mol. The molecule has 1 rings (SSSR count). The first-order valence-corrected chi connectivity index (χ1v) is 5.28. The number of rotatable bonds is 5. The second-order valence-electron chi connectivity index (χ2n) is 3.97. The number of carboxylic acid groups (broad SMARTS) is 1. The van der Waals surface area contributed by atoms with Crippen LogP contribution in [-0.4, -0.2) is 27.1 Å². The van der Waals surface area contributed by atoms with Crippen LogP contribution in [0.4, 0.5) is 0 Å². The van der Waals surface area contributed by atoms with E-state index in [1.165, 1.54) is 18.6 Å². The van der Waals surface area contributed by atoms with Crippen LogP contribution in [0, 0.1) is 0 Å². The van der Waals surface area contributed by atoms with Crippen molar-refractivity contribution in [1.82, 2.24) is 15.3 Å². The zero-order chi connectivity index (χ0) is 12.2. The third-order valence-electron chi connectivity index (χ3n) is 2.65. The van der Waals surface area contributed by atoms with Crippen molar-refractivity contribution in [2.75, 3.05) is 0 Å². The van der Waals surface area contributed by atoms with Crippen molar-refractivity contribution in [2.24, 2.45) is 0 Å². The molecular formula is C11H17N3O2. The second kappa shape index (κ2) is 5.03. The molecule has 0 aromatic carbocycles. The van der Waals surface area contributed by atoms with E-state index in [-0.39, 0.29) is 6.04 Å². The first-order chi connectivity index (χ1) is 7.50. The number of nitrogens with zero attached hydrogens (tertiary/aromatic N) is 2. The molecule has 1 heterocycles. The molecule has 5 heteroatoms. The Hall–Kier alpha value is -1.49. The van der Waals surface area contributed by atoms with Crippen LogP contribution in [0.5, 0.6) is 0 Å². The number of hydrogen-bond donors (Lipinski definition) is 2. The van der Waals surface area contributed by atoms with E-state index in [1.54, 1.807) is 6.92 Å². The van der Waals surface area contributed by atoms with Crippen LogP contribution in [0.1, 0.15) is 32.9 Å². The fourth-order valence-electron chi connectivity index (χ4n) is 1.40. The van der Waals surface area contributed by atoms with Crippen LogP contribution >= 0.6 is 0 Å². The molecule has 16 heavy (non-hydrogen) atoms. The number of hydrogen-bond acceptors (Lipinski definition) is 4. The lowest BCUT2D eigenvalue weighted by Gasteiger charge is -2.28. The topological polar surface area (TPSA) is 75.1 Å². The number of carbonyl (C=O) groups is 1. The average molecular weight is 223 g/mol. The lowest BCUT2D eigenvalue weighted by Crippen LogP contribution is -2.50. The largest absolute Gasteiger partial charge is 0.480 e. The lowest BCUT2D eigenvalue weighted by molar-refractivity contribution is -0.145. The maximum Gasteiger partial charge on any atom is 0.329 e. The van der Waals surface area contributed by atoms with Crippen molar-refractivity contribution in [2.45, 2.75) is 38.8 Å². The third kappa shape index (κ3) is 2.55. The Morgan fingerprint density at radius 2 is 2.31 bits per heavy atom. The molecule has 5 nitrogen and oxygen atoms in total. The fraction of sp³-hybridized carbons (Fsp3) is 0.545. The van der Waals surface area contributed by atoms with Gasteiger partial charge in [0.1, 0.15) is 0 Å². The molecule has 0 amide bonds. The van der Waals surface area contributed by atoms with Gasteiger partial charge in [0.15, 0.2) is 5.54 Å². The minimum absolute atomic E-state index is 0.100. The molecule has 0 bridgehead atoms. The standard InChI is InChI=1S/C11H17N3O2/c1-4-8(2)14-11(3,10(15)16)9-7-12-5-6-13-9/h5-8,14H,4H2,1-3H3,(H,15,16). The van der Waals surface area contributed by atoms with E-state index >= 15 is 0 Å². The maximum absolute atomic E-state index is 11.3. The Labute approximate surface area is 94.9 Å². The molecule has 0 saturated carbocycles. The summed E-state index contributed by atoms with van der Waals surface area (Å²) in [4.78, 5) is 19.3. The van der Waals surface area contributed by atoms with Gasteiger partial charge >= 0.3 is 5.97 Å². The van der Waals surface area contributed by atoms with Crippen LogP contribution in [0.25, 0.3) is 0 Å². The van der Waals surface area contributed by atoms with E-state index in [9.17, 15) is 9.90 Å². The highest BCUT2D eigenvalue weighted by Gasteiger charge is 2.37. The van der Waals surface area contributed by atoms with Gasteiger partial charge in [-0.25, -0.2) is 4.79 Å². The molecule has 2 N–H and O–H groups in total. The quantitative estimate of drug-likeness (QED) is 0.783. The van der Waals surface area contributed by atoms with E-state index < -0.39 is 11.5 Å². The van der Waals surface area contributed by atoms with Crippen LogP contribution in [0.3, 0.4) is 0 Å². The van der Waals surface area contributed by atoms with Crippen molar-refractivity contribution in [3.8, 4) is 0 Å². The highest BCUT2D eigenvalue weighted by Crippen LogP contribution is 2.19. The van der Waals surface area contributed by atoms with Crippen molar-refractivity contribution in [3.05, 3.63) is 24.3 Å². The summed E-state index contributed by atoms with van der Waals surface area (Å²) in [7, 11) is 0. The van der Waals surface area contributed by atoms with Gasteiger partial charge in [0.25, 0.3) is 0 Å². The summed E-state index contributed by atoms with van der Waals surface area (Å²) >= 11 is 0. The summed E-state index contributed by atoms with van der Waals surface area (Å²) in [5, 5.41) is 12.4. The molecular weight excluding hydrogens is 206 g/mol. The fourth-order valence-corrected chi connectivity index (χ4v) is 1.40. The highest BCUT2D eigenvalue weighted by molar-refractivity contribution is 5.79. The molecule has 2 atom stereocenters. The molecule has 0 spiro atoms. The Bertz CT molecular complexity index is 356. The predicted molar refractivity (Wildman–Crippen MR) is 59.9 cm³/mol. The SMILES string of the molecule is CCC(C)NC(C)(C(=O)O)c1cnccn1. The van der Waals surface area contributed by atoms with E-state index in [0.717, 1.165) is 6.42 Å². The molecule has 0 aliphatic heterocycles. The molecule has 2 unspecified atom stereocenters. The van der Waals surface area contributed by atoms with Crippen LogP contribution in [0.2, 0.25) is 0 Å². The van der Waals surface area contributed by atoms with Gasteiger partial charge in [-0.05, 0) is 20.3 Å². The first-order valence-electron chi connectivity index (χ1n) is 5.28. The predicted octanol–water partition coefficient (Wildman–Crippen LogP) is 1.16. The number of aliphatic carboxylic acids is 1. The van der Waals surface area contributed by atoms with Crippen LogP contribution < -0.4 is 5.32 Å². The van der Waals surface area contributed by atoms with E-state index in [1.807, 2.05) is 13.8 Å². The van der Waals surface area contributed by atoms with Crippen molar-refractivity contribution in [3.63, 3.8) is 0 Å². The smallest absolute Gasteiger partial charge is 0.329 e. The van der Waals surface area contributed by atoms with Crippen molar-refractivity contribution >= 4 is 5.97 Å². The van der Waals surface area contributed by atoms with Gasteiger partial charge in [0.05, 0.1) is 11.9 Å². The summed E-state index contributed by atoms with van der Waals surface area (Å²) in [6.45, 7) is 5.54. The van der Waals surface area contributed by atoms with E-state index in [0.29, 0.717) is 5.69 Å². The minimum atomic E-state index is -1.19. The summed E-state index contributed by atoms with van der Waals surface area (Å²) in [6, 6.07) is 0.100. The van der Waals surface area contributed by atoms with Crippen LogP contribution in [-0.2, 0) is 10.3 Å². The zero-order valence-electron chi connectivity index (χ0n) is 9.77. The molecule has 1 aromatic rings. The van der Waals surface area contributed by atoms with Gasteiger partial charge in [-0.1, -0.05) is 6.92 Å². The van der Waals surface area contributed by atoms with E-state index in [2.05, 4.69) is 15.3 Å². The van der Waals surface area contributed by atoms with Crippen LogP contribution in [0.15, 0.2) is 18.6 Å². The molecule has 88 valence electrons. The third-order valence-corrected chi connectivity index (χ3v) is 2.65. The first kappa shape index (κ1) is 12.6. The van der Waals surface area contributed by atoms with Gasteiger partial charge in [0, 0.05) is 18.4 Å². The minimum Gasteiger partial charge on any atom is -0.480 e. The molecule has 0 radical (unpaired) electrons. The number of aromatic nitrogens is 2. The molecule has 0 saturated heterocycles. The Morgan fingerprint density at radius 3 is 2.75 bits per heavy atom. The summed E-state index contributed by atoms with van der Waals surface area (Å²) < 4.78 is 0. The Kier molecular flexibility index (Phi) is 3.95. The van der Waals surface area contributed by atoms with Gasteiger partial charge < -0.3 is 5.11 Å². The Balaban J connectivity index is 3.02. The maximum atomic E-state index is 11.3. The van der Waals surface area contributed by atoms with Crippen molar-refractivity contribution in [1.29, 1.82) is 0 Å². The Morgan fingerprint density at radius 1 is 1.62 bits per heavy atom. The molecule has 0 fully saturated rings. The lowest BCUT2D eigenvalue weighted by atomic mass is 9.96. The average Bonchev–Trinajstić information content (AvgIpc) is 2.29. The normalized spacial score (nSPS) is 16.4. The summed E-state index contributed by atoms with van der Waals surface area (Å²) in [6.07, 6.45) is 5.34. The van der Waals surface area contributed by atoms with Gasteiger partial charge in [-0.2, -0.15) is 0 Å². The second-order valence-corrected chi connectivity index (χ2v) is 3.97. The van der Waals surface area contributed by atoms with E-state index in [4.69, 9.17) is 0 Å². The van der Waals surface area contributed by atoms with Crippen molar-refractivity contribution < 1.29 is 9.90 Å². The molecule has 0 aliphatic carbocycles. The number of carboxylic acids is 1. The summed E-state index contributed by atoms with van der Waals surface area (Å²) in [5.41, 5.74) is -0.772. The molecule has 1 aromatic heterocycles. The number of nitrogens with one attached hydrogen (secondary N) is 1. The highest BCUT2D eigenvalue weighted by atomic mass is 16.4. The molecule has 0 aliphatic rings. The summed E-state index contributed by atoms with van der Waals surface area (Å²) in [5.74, 6) is -0.951. The zero-order valence-corrected chi connectivity index (χ0v) is 9.77. The van der Waals surface area contributed by atoms with Gasteiger partial charge in [0.2, 0.25) is 0 Å².